The zero-order valence-electron chi connectivity index (χ0n) is 9.83. The Hall–Kier alpha value is -1.63. The zero-order valence-corrected chi connectivity index (χ0v) is 10.7. The molecule has 0 saturated carbocycles. The van der Waals surface area contributed by atoms with Crippen molar-refractivity contribution in [3.05, 3.63) is 16.6 Å². The van der Waals surface area contributed by atoms with E-state index >= 15 is 0 Å². The molecule has 0 aliphatic carbocycles. The monoisotopic (exact) mass is 269 g/mol. The molecule has 2 amide bonds. The van der Waals surface area contributed by atoms with Gasteiger partial charge >= 0.3 is 6.09 Å². The van der Waals surface area contributed by atoms with E-state index in [4.69, 9.17) is 5.11 Å². The highest BCUT2D eigenvalue weighted by Gasteiger charge is 2.22. The minimum atomic E-state index is -0.859. The van der Waals surface area contributed by atoms with Crippen LogP contribution in [0.15, 0.2) is 11.7 Å². The van der Waals surface area contributed by atoms with Crippen LogP contribution in [0.3, 0.4) is 0 Å². The van der Waals surface area contributed by atoms with Crippen molar-refractivity contribution in [3.8, 4) is 0 Å². The van der Waals surface area contributed by atoms with E-state index in [1.165, 1.54) is 16.2 Å². The van der Waals surface area contributed by atoms with Gasteiger partial charge in [0, 0.05) is 19.6 Å². The topological polar surface area (TPSA) is 82.5 Å². The van der Waals surface area contributed by atoms with Crippen molar-refractivity contribution < 1.29 is 14.7 Å². The van der Waals surface area contributed by atoms with Crippen molar-refractivity contribution in [2.45, 2.75) is 12.8 Å². The van der Waals surface area contributed by atoms with E-state index in [9.17, 15) is 9.59 Å². The number of likely N-dealkylation sites (tertiary alicyclic amines) is 1. The first-order chi connectivity index (χ1) is 8.66. The standard InChI is InChI=1S/C11H15N3O3S/c15-10(9-6-12-7-18-9)13-5-8-1-3-14(4-2-8)11(16)17/h6-8H,1-5H2,(H,13,15)(H,16,17). The predicted octanol–water partition coefficient (Wildman–Crippen LogP) is 1.26. The molecule has 2 heterocycles. The van der Waals surface area contributed by atoms with Crippen LogP contribution in [0.1, 0.15) is 22.5 Å². The zero-order chi connectivity index (χ0) is 13.0. The molecule has 1 aromatic rings. The van der Waals surface area contributed by atoms with Crippen molar-refractivity contribution >= 4 is 23.3 Å². The Morgan fingerprint density at radius 2 is 2.22 bits per heavy atom. The first-order valence-electron chi connectivity index (χ1n) is 5.81. The summed E-state index contributed by atoms with van der Waals surface area (Å²) in [6.07, 6.45) is 2.29. The van der Waals surface area contributed by atoms with Crippen LogP contribution in [0.25, 0.3) is 0 Å². The van der Waals surface area contributed by atoms with Crippen molar-refractivity contribution in [1.29, 1.82) is 0 Å². The Balaban J connectivity index is 1.72. The number of nitrogens with one attached hydrogen (secondary N) is 1. The summed E-state index contributed by atoms with van der Waals surface area (Å²) in [4.78, 5) is 28.3. The number of thiazole rings is 1. The van der Waals surface area contributed by atoms with Crippen LogP contribution in [0, 0.1) is 5.92 Å². The number of carboxylic acid groups (broad SMARTS) is 1. The van der Waals surface area contributed by atoms with Gasteiger partial charge in [0.1, 0.15) is 4.88 Å². The third kappa shape index (κ3) is 3.19. The lowest BCUT2D eigenvalue weighted by atomic mass is 9.97. The normalized spacial score (nSPS) is 16.6. The molecule has 0 aromatic carbocycles. The van der Waals surface area contributed by atoms with E-state index in [1.54, 1.807) is 11.7 Å². The number of hydrogen-bond acceptors (Lipinski definition) is 4. The number of rotatable bonds is 3. The van der Waals surface area contributed by atoms with E-state index in [2.05, 4.69) is 10.3 Å². The van der Waals surface area contributed by atoms with Gasteiger partial charge < -0.3 is 15.3 Å². The van der Waals surface area contributed by atoms with Crippen LogP contribution in [0.2, 0.25) is 0 Å². The average molecular weight is 269 g/mol. The van der Waals surface area contributed by atoms with Gasteiger partial charge in [0.05, 0.1) is 11.7 Å². The molecule has 2 rings (SSSR count). The molecule has 0 bridgehead atoms. The second-order valence-electron chi connectivity index (χ2n) is 4.29. The summed E-state index contributed by atoms with van der Waals surface area (Å²) in [5, 5.41) is 11.7. The maximum absolute atomic E-state index is 11.7. The number of nitrogens with zero attached hydrogens (tertiary/aromatic N) is 2. The smallest absolute Gasteiger partial charge is 0.407 e. The second-order valence-corrected chi connectivity index (χ2v) is 5.18. The van der Waals surface area contributed by atoms with Gasteiger partial charge in [-0.1, -0.05) is 0 Å². The second kappa shape index (κ2) is 5.81. The third-order valence-corrected chi connectivity index (χ3v) is 3.86. The van der Waals surface area contributed by atoms with Crippen LogP contribution in [-0.4, -0.2) is 46.6 Å². The molecular formula is C11H15N3O3S. The minimum Gasteiger partial charge on any atom is -0.465 e. The molecule has 6 nitrogen and oxygen atoms in total. The summed E-state index contributed by atoms with van der Waals surface area (Å²) in [6, 6.07) is 0. The van der Waals surface area contributed by atoms with Gasteiger partial charge in [0.15, 0.2) is 0 Å². The van der Waals surface area contributed by atoms with E-state index in [0.29, 0.717) is 30.4 Å². The number of piperidine rings is 1. The van der Waals surface area contributed by atoms with Crippen LogP contribution in [-0.2, 0) is 0 Å². The number of carbonyl (C=O) groups excluding carboxylic acids is 1. The highest BCUT2D eigenvalue weighted by Crippen LogP contribution is 2.16. The van der Waals surface area contributed by atoms with Gasteiger partial charge in [-0.25, -0.2) is 4.79 Å². The van der Waals surface area contributed by atoms with Crippen molar-refractivity contribution in [1.82, 2.24) is 15.2 Å². The largest absolute Gasteiger partial charge is 0.465 e. The Morgan fingerprint density at radius 1 is 1.50 bits per heavy atom. The van der Waals surface area contributed by atoms with Gasteiger partial charge in [0.2, 0.25) is 0 Å². The molecule has 0 spiro atoms. The first kappa shape index (κ1) is 12.8. The summed E-state index contributed by atoms with van der Waals surface area (Å²) in [5.74, 6) is 0.260. The van der Waals surface area contributed by atoms with Crippen molar-refractivity contribution in [2.24, 2.45) is 5.92 Å². The Labute approximate surface area is 109 Å². The molecule has 18 heavy (non-hydrogen) atoms. The van der Waals surface area contributed by atoms with Crippen LogP contribution in [0.5, 0.6) is 0 Å². The van der Waals surface area contributed by atoms with Crippen LogP contribution >= 0.6 is 11.3 Å². The van der Waals surface area contributed by atoms with E-state index in [-0.39, 0.29) is 5.91 Å². The molecule has 1 saturated heterocycles. The fourth-order valence-electron chi connectivity index (χ4n) is 1.98. The van der Waals surface area contributed by atoms with Gasteiger partial charge in [-0.05, 0) is 18.8 Å². The van der Waals surface area contributed by atoms with Crippen molar-refractivity contribution in [3.63, 3.8) is 0 Å². The number of aromatic nitrogens is 1. The Morgan fingerprint density at radius 3 is 2.78 bits per heavy atom. The van der Waals surface area contributed by atoms with E-state index in [1.807, 2.05) is 0 Å². The Kier molecular flexibility index (Phi) is 4.14. The lowest BCUT2D eigenvalue weighted by Gasteiger charge is -2.29. The van der Waals surface area contributed by atoms with Crippen molar-refractivity contribution in [2.75, 3.05) is 19.6 Å². The summed E-state index contributed by atoms with van der Waals surface area (Å²) in [5.41, 5.74) is 1.63. The summed E-state index contributed by atoms with van der Waals surface area (Å²) < 4.78 is 0. The number of amides is 2. The molecule has 0 atom stereocenters. The first-order valence-corrected chi connectivity index (χ1v) is 6.69. The lowest BCUT2D eigenvalue weighted by Crippen LogP contribution is -2.40. The third-order valence-electron chi connectivity index (χ3n) is 3.09. The molecule has 2 N–H and O–H groups in total. The molecule has 1 aromatic heterocycles. The van der Waals surface area contributed by atoms with Gasteiger partial charge in [-0.2, -0.15) is 0 Å². The van der Waals surface area contributed by atoms with E-state index < -0.39 is 6.09 Å². The molecule has 7 heteroatoms. The highest BCUT2D eigenvalue weighted by atomic mass is 32.1. The van der Waals surface area contributed by atoms with Crippen LogP contribution < -0.4 is 5.32 Å². The summed E-state index contributed by atoms with van der Waals surface area (Å²) in [7, 11) is 0. The minimum absolute atomic E-state index is 0.0989. The molecule has 0 radical (unpaired) electrons. The molecule has 1 fully saturated rings. The Bertz CT molecular complexity index is 413. The summed E-state index contributed by atoms with van der Waals surface area (Å²) in [6.45, 7) is 1.71. The lowest BCUT2D eigenvalue weighted by molar-refractivity contribution is 0.0932. The SMILES string of the molecule is O=C(NCC1CCN(C(=O)O)CC1)c1cncs1. The van der Waals surface area contributed by atoms with Gasteiger partial charge in [0.25, 0.3) is 5.91 Å². The quantitative estimate of drug-likeness (QED) is 0.865. The predicted molar refractivity (Wildman–Crippen MR) is 66.8 cm³/mol. The van der Waals surface area contributed by atoms with Crippen LogP contribution in [0.4, 0.5) is 4.79 Å². The van der Waals surface area contributed by atoms with Gasteiger partial charge in [-0.3, -0.25) is 9.78 Å². The highest BCUT2D eigenvalue weighted by molar-refractivity contribution is 7.11. The fourth-order valence-corrected chi connectivity index (χ4v) is 2.52. The fraction of sp³-hybridized carbons (Fsp3) is 0.545. The molecule has 1 aliphatic heterocycles. The molecular weight excluding hydrogens is 254 g/mol. The maximum atomic E-state index is 11.7. The molecule has 98 valence electrons. The number of hydrogen-bond donors (Lipinski definition) is 2. The van der Waals surface area contributed by atoms with Gasteiger partial charge in [-0.15, -0.1) is 11.3 Å². The maximum Gasteiger partial charge on any atom is 0.407 e. The molecule has 0 unspecified atom stereocenters. The van der Waals surface area contributed by atoms with E-state index in [0.717, 1.165) is 12.8 Å². The average Bonchev–Trinajstić information content (AvgIpc) is 2.90. The molecule has 1 aliphatic rings. The number of carbonyl (C=O) groups is 2. The summed E-state index contributed by atoms with van der Waals surface area (Å²) >= 11 is 1.31.